The van der Waals surface area contributed by atoms with Gasteiger partial charge in [0.25, 0.3) is 0 Å². The number of nitrogens with one attached hydrogen (secondary N) is 1. The fourth-order valence-corrected chi connectivity index (χ4v) is 5.95. The average Bonchev–Trinajstić information content (AvgIpc) is 2.82. The molecule has 4 aliphatic rings. The highest BCUT2D eigenvalue weighted by Crippen LogP contribution is 2.59. The summed E-state index contributed by atoms with van der Waals surface area (Å²) in [6, 6.07) is 7.58. The van der Waals surface area contributed by atoms with Gasteiger partial charge in [-0.05, 0) is 54.4 Å². The molecular weight excluding hydrogens is 492 g/mol. The van der Waals surface area contributed by atoms with Crippen molar-refractivity contribution in [1.29, 1.82) is 0 Å². The Morgan fingerprint density at radius 3 is 2.41 bits per heavy atom. The maximum atomic E-state index is 13.0. The quantitative estimate of drug-likeness (QED) is 0.500. The van der Waals surface area contributed by atoms with Gasteiger partial charge in [-0.3, -0.25) is 9.69 Å². The number of benzene rings is 1. The van der Waals surface area contributed by atoms with Crippen molar-refractivity contribution in [2.75, 3.05) is 51.1 Å². The van der Waals surface area contributed by atoms with Crippen molar-refractivity contribution in [2.45, 2.75) is 40.5 Å². The van der Waals surface area contributed by atoms with Gasteiger partial charge in [-0.1, -0.05) is 55.3 Å². The van der Waals surface area contributed by atoms with Crippen molar-refractivity contribution in [2.24, 2.45) is 23.2 Å². The molecular formula is C27H39BrN4O2. The van der Waals surface area contributed by atoms with Crippen LogP contribution in [0.3, 0.4) is 0 Å². The van der Waals surface area contributed by atoms with Crippen molar-refractivity contribution in [1.82, 2.24) is 14.7 Å². The molecule has 3 aliphatic carbocycles. The number of urea groups is 1. The van der Waals surface area contributed by atoms with E-state index in [-0.39, 0.29) is 17.9 Å². The van der Waals surface area contributed by atoms with Crippen molar-refractivity contribution in [3.63, 3.8) is 0 Å². The van der Waals surface area contributed by atoms with Crippen LogP contribution < -0.4 is 5.32 Å². The van der Waals surface area contributed by atoms with Crippen LogP contribution in [0.25, 0.3) is 0 Å². The van der Waals surface area contributed by atoms with Gasteiger partial charge < -0.3 is 15.1 Å². The normalized spacial score (nSPS) is 23.8. The maximum absolute atomic E-state index is 13.0. The summed E-state index contributed by atoms with van der Waals surface area (Å²) in [6.45, 7) is 14.2. The molecule has 2 bridgehead atoms. The molecule has 0 radical (unpaired) electrons. The number of piperazine rings is 1. The second-order valence-electron chi connectivity index (χ2n) is 11.0. The minimum absolute atomic E-state index is 0.00509. The minimum atomic E-state index is -0.0516. The highest BCUT2D eigenvalue weighted by atomic mass is 79.9. The van der Waals surface area contributed by atoms with E-state index in [4.69, 9.17) is 0 Å². The van der Waals surface area contributed by atoms with E-state index in [1.54, 1.807) is 0 Å². The number of carbonyl (C=O) groups is 2. The predicted molar refractivity (Wildman–Crippen MR) is 141 cm³/mol. The SMILES string of the molecule is CC(C)C(=O)N(CCN1CCN(C(=O)Nc2ccc(Br)cc2)CC1)CC1=CCC2CC1C2(C)C. The van der Waals surface area contributed by atoms with Crippen LogP contribution in [0.2, 0.25) is 0 Å². The number of hydrogen-bond donors (Lipinski definition) is 1. The third-order valence-electron chi connectivity index (χ3n) is 8.20. The van der Waals surface area contributed by atoms with Crippen LogP contribution in [0.4, 0.5) is 10.5 Å². The summed E-state index contributed by atoms with van der Waals surface area (Å²) in [4.78, 5) is 32.0. The summed E-state index contributed by atoms with van der Waals surface area (Å²) in [5, 5.41) is 2.98. The van der Waals surface area contributed by atoms with E-state index in [0.29, 0.717) is 24.4 Å². The maximum Gasteiger partial charge on any atom is 0.321 e. The molecule has 3 amide bonds. The molecule has 0 spiro atoms. The van der Waals surface area contributed by atoms with Crippen molar-refractivity contribution < 1.29 is 9.59 Å². The number of halogens is 1. The minimum Gasteiger partial charge on any atom is -0.337 e. The number of amides is 3. The summed E-state index contributed by atoms with van der Waals surface area (Å²) in [5.41, 5.74) is 2.65. The molecule has 2 atom stereocenters. The largest absolute Gasteiger partial charge is 0.337 e. The Hall–Kier alpha value is -1.86. The molecule has 0 aromatic heterocycles. The lowest BCUT2D eigenvalue weighted by Crippen LogP contribution is -2.53. The van der Waals surface area contributed by atoms with E-state index in [1.807, 2.05) is 43.0 Å². The van der Waals surface area contributed by atoms with Crippen LogP contribution in [0.1, 0.15) is 40.5 Å². The number of fused-ring (bicyclic) bond motifs is 1. The smallest absolute Gasteiger partial charge is 0.321 e. The van der Waals surface area contributed by atoms with Crippen LogP contribution >= 0.6 is 15.9 Å². The van der Waals surface area contributed by atoms with Crippen molar-refractivity contribution >= 4 is 33.6 Å². The van der Waals surface area contributed by atoms with Gasteiger partial charge in [-0.2, -0.15) is 0 Å². The van der Waals surface area contributed by atoms with Crippen molar-refractivity contribution in [3.8, 4) is 0 Å². The van der Waals surface area contributed by atoms with E-state index in [2.05, 4.69) is 51.0 Å². The number of allylic oxidation sites excluding steroid dienone is 1. The lowest BCUT2D eigenvalue weighted by atomic mass is 9.49. The number of anilines is 1. The Labute approximate surface area is 212 Å². The van der Waals surface area contributed by atoms with Gasteiger partial charge in [-0.15, -0.1) is 0 Å². The number of rotatable bonds is 7. The molecule has 5 rings (SSSR count). The van der Waals surface area contributed by atoms with E-state index in [1.165, 1.54) is 12.0 Å². The Morgan fingerprint density at radius 1 is 1.15 bits per heavy atom. The Balaban J connectivity index is 1.27. The van der Waals surface area contributed by atoms with Crippen LogP contribution in [0.5, 0.6) is 0 Å². The van der Waals surface area contributed by atoms with Crippen molar-refractivity contribution in [3.05, 3.63) is 40.4 Å². The molecule has 1 N–H and O–H groups in total. The number of nitrogens with zero attached hydrogens (tertiary/aromatic N) is 3. The summed E-state index contributed by atoms with van der Waals surface area (Å²) in [7, 11) is 0. The fraction of sp³-hybridized carbons (Fsp3) is 0.630. The second kappa shape index (κ2) is 10.4. The van der Waals surface area contributed by atoms with Gasteiger partial charge >= 0.3 is 6.03 Å². The molecule has 1 saturated carbocycles. The zero-order valence-electron chi connectivity index (χ0n) is 21.0. The number of carbonyl (C=O) groups excluding carboxylic acids is 2. The summed E-state index contributed by atoms with van der Waals surface area (Å²) >= 11 is 3.42. The molecule has 2 unspecified atom stereocenters. The Bertz CT molecular complexity index is 919. The van der Waals surface area contributed by atoms with Crippen LogP contribution in [0.15, 0.2) is 40.4 Å². The lowest BCUT2D eigenvalue weighted by molar-refractivity contribution is -0.134. The van der Waals surface area contributed by atoms with E-state index >= 15 is 0 Å². The molecule has 1 aromatic carbocycles. The van der Waals surface area contributed by atoms with E-state index in [9.17, 15) is 9.59 Å². The van der Waals surface area contributed by atoms with Gasteiger partial charge in [0, 0.05) is 61.9 Å². The fourth-order valence-electron chi connectivity index (χ4n) is 5.68. The molecule has 6 nitrogen and oxygen atoms in total. The Morgan fingerprint density at radius 2 is 1.82 bits per heavy atom. The zero-order chi connectivity index (χ0) is 24.5. The molecule has 186 valence electrons. The molecule has 7 heteroatoms. The van der Waals surface area contributed by atoms with E-state index < -0.39 is 0 Å². The number of hydrogen-bond acceptors (Lipinski definition) is 3. The molecule has 1 aliphatic heterocycles. The highest BCUT2D eigenvalue weighted by molar-refractivity contribution is 9.10. The van der Waals surface area contributed by atoms with Gasteiger partial charge in [-0.25, -0.2) is 4.79 Å². The van der Waals surface area contributed by atoms with Gasteiger partial charge in [0.05, 0.1) is 0 Å². The zero-order valence-corrected chi connectivity index (χ0v) is 22.6. The van der Waals surface area contributed by atoms with E-state index in [0.717, 1.165) is 55.2 Å². The summed E-state index contributed by atoms with van der Waals surface area (Å²) < 4.78 is 0.990. The molecule has 1 saturated heterocycles. The first-order valence-corrected chi connectivity index (χ1v) is 13.5. The predicted octanol–water partition coefficient (Wildman–Crippen LogP) is 5.08. The average molecular weight is 532 g/mol. The van der Waals surface area contributed by atoms with Crippen LogP contribution in [-0.2, 0) is 4.79 Å². The standard InChI is InChI=1S/C27H39BrN4O2/c1-19(2)25(33)32(18-20-5-6-21-17-24(20)27(21,3)4)16-13-30-11-14-31(15-12-30)26(34)29-23-9-7-22(28)8-10-23/h5,7-10,19,21,24H,6,11-18H2,1-4H3,(H,29,34). The monoisotopic (exact) mass is 530 g/mol. The van der Waals surface area contributed by atoms with Gasteiger partial charge in [0.2, 0.25) is 5.91 Å². The summed E-state index contributed by atoms with van der Waals surface area (Å²) in [6.07, 6.45) is 4.85. The third kappa shape index (κ3) is 5.51. The van der Waals surface area contributed by atoms with Gasteiger partial charge in [0.1, 0.15) is 0 Å². The van der Waals surface area contributed by atoms with Gasteiger partial charge in [0.15, 0.2) is 0 Å². The second-order valence-corrected chi connectivity index (χ2v) is 11.9. The third-order valence-corrected chi connectivity index (χ3v) is 8.73. The first-order valence-electron chi connectivity index (χ1n) is 12.7. The lowest BCUT2D eigenvalue weighted by Gasteiger charge is -2.57. The van der Waals surface area contributed by atoms with Crippen LogP contribution in [-0.4, -0.2) is 72.5 Å². The molecule has 34 heavy (non-hydrogen) atoms. The molecule has 1 heterocycles. The first kappa shape index (κ1) is 25.2. The highest BCUT2D eigenvalue weighted by Gasteiger charge is 2.51. The molecule has 2 fully saturated rings. The Kier molecular flexibility index (Phi) is 7.72. The van der Waals surface area contributed by atoms with Crippen LogP contribution in [0, 0.1) is 23.2 Å². The first-order chi connectivity index (χ1) is 16.1. The summed E-state index contributed by atoms with van der Waals surface area (Å²) in [5.74, 6) is 1.69. The molecule has 1 aromatic rings. The topological polar surface area (TPSA) is 55.9 Å².